The van der Waals surface area contributed by atoms with Crippen LogP contribution in [-0.2, 0) is 9.59 Å². The number of hydrogen-bond donors (Lipinski definition) is 1. The highest BCUT2D eigenvalue weighted by Crippen LogP contribution is 2.27. The lowest BCUT2D eigenvalue weighted by molar-refractivity contribution is -0.141. The second-order valence-electron chi connectivity index (χ2n) is 4.44. The Bertz CT molecular complexity index is 487. The minimum absolute atomic E-state index is 0.00910. The van der Waals surface area contributed by atoms with Crippen molar-refractivity contribution in [1.29, 1.82) is 0 Å². The summed E-state index contributed by atoms with van der Waals surface area (Å²) in [4.78, 5) is 29.8. The normalized spacial score (nSPS) is 19.6. The van der Waals surface area contributed by atoms with Crippen molar-refractivity contribution < 1.29 is 9.59 Å². The molecule has 104 valence electrons. The minimum Gasteiger partial charge on any atom is -0.349 e. The number of hydrogen-bond acceptors (Lipinski definition) is 5. The molecule has 1 atom stereocenters. The number of nitrogens with one attached hydrogen (secondary N) is 1. The summed E-state index contributed by atoms with van der Waals surface area (Å²) in [5, 5.41) is 3.70. The molecular formula is C12H16BrN3O2S. The molecule has 0 bridgehead atoms. The first kappa shape index (κ1) is 14.5. The van der Waals surface area contributed by atoms with Crippen molar-refractivity contribution >= 4 is 44.2 Å². The van der Waals surface area contributed by atoms with E-state index < -0.39 is 6.04 Å². The Kier molecular flexibility index (Phi) is 4.57. The molecule has 1 aromatic heterocycles. The summed E-state index contributed by atoms with van der Waals surface area (Å²) >= 11 is 4.73. The molecule has 2 rings (SSSR count). The number of thiazole rings is 1. The smallest absolute Gasteiger partial charge is 0.252 e. The summed E-state index contributed by atoms with van der Waals surface area (Å²) in [7, 11) is 0. The van der Waals surface area contributed by atoms with Gasteiger partial charge in [0.1, 0.15) is 6.04 Å². The Morgan fingerprint density at radius 3 is 2.74 bits per heavy atom. The third kappa shape index (κ3) is 2.97. The van der Waals surface area contributed by atoms with Crippen LogP contribution in [0, 0.1) is 0 Å². The molecule has 0 aromatic carbocycles. The monoisotopic (exact) mass is 345 g/mol. The minimum atomic E-state index is -0.480. The van der Waals surface area contributed by atoms with Gasteiger partial charge < -0.3 is 5.32 Å². The van der Waals surface area contributed by atoms with Crippen LogP contribution in [0.25, 0.3) is 0 Å². The maximum absolute atomic E-state index is 12.3. The molecule has 1 aliphatic heterocycles. The van der Waals surface area contributed by atoms with E-state index in [2.05, 4.69) is 26.2 Å². The van der Waals surface area contributed by atoms with Gasteiger partial charge in [-0.3, -0.25) is 14.5 Å². The van der Waals surface area contributed by atoms with Gasteiger partial charge in [-0.2, -0.15) is 0 Å². The second kappa shape index (κ2) is 6.00. The molecule has 7 heteroatoms. The topological polar surface area (TPSA) is 62.3 Å². The van der Waals surface area contributed by atoms with E-state index in [1.807, 2.05) is 13.8 Å². The molecule has 1 unspecified atom stereocenters. The molecule has 0 spiro atoms. The van der Waals surface area contributed by atoms with Gasteiger partial charge in [0, 0.05) is 6.04 Å². The van der Waals surface area contributed by atoms with E-state index in [4.69, 9.17) is 0 Å². The summed E-state index contributed by atoms with van der Waals surface area (Å²) in [5.74, 6) is -0.225. The van der Waals surface area contributed by atoms with E-state index in [9.17, 15) is 9.59 Å². The summed E-state index contributed by atoms with van der Waals surface area (Å²) in [6.07, 6.45) is 3.48. The Balaban J connectivity index is 2.09. The largest absolute Gasteiger partial charge is 0.349 e. The van der Waals surface area contributed by atoms with Crippen molar-refractivity contribution in [3.8, 4) is 0 Å². The fraction of sp³-hybridized carbons (Fsp3) is 0.583. The van der Waals surface area contributed by atoms with Gasteiger partial charge in [0.15, 0.2) is 5.13 Å². The van der Waals surface area contributed by atoms with Crippen LogP contribution in [0.15, 0.2) is 9.98 Å². The molecule has 1 aromatic rings. The molecule has 0 radical (unpaired) electrons. The number of halogens is 1. The van der Waals surface area contributed by atoms with Crippen molar-refractivity contribution in [2.75, 3.05) is 5.32 Å². The van der Waals surface area contributed by atoms with E-state index in [1.165, 1.54) is 16.2 Å². The maximum atomic E-state index is 12.3. The van der Waals surface area contributed by atoms with E-state index in [0.717, 1.165) is 16.6 Å². The predicted octanol–water partition coefficient (Wildman–Crippen LogP) is 2.63. The van der Waals surface area contributed by atoms with Crippen molar-refractivity contribution in [3.63, 3.8) is 0 Å². The summed E-state index contributed by atoms with van der Waals surface area (Å²) < 4.78 is 0.892. The predicted molar refractivity (Wildman–Crippen MR) is 78.1 cm³/mol. The summed E-state index contributed by atoms with van der Waals surface area (Å²) in [6, 6.07) is -0.471. The zero-order chi connectivity index (χ0) is 14.0. The first-order valence-corrected chi connectivity index (χ1v) is 7.91. The van der Waals surface area contributed by atoms with Gasteiger partial charge >= 0.3 is 0 Å². The molecule has 2 heterocycles. The average Bonchev–Trinajstić information content (AvgIpc) is 2.89. The number of imide groups is 1. The van der Waals surface area contributed by atoms with Crippen molar-refractivity contribution in [1.82, 2.24) is 9.88 Å². The number of nitrogens with zero attached hydrogens (tertiary/aromatic N) is 2. The molecule has 1 aliphatic rings. The summed E-state index contributed by atoms with van der Waals surface area (Å²) in [6.45, 7) is 3.99. The van der Waals surface area contributed by atoms with Crippen LogP contribution in [0.5, 0.6) is 0 Å². The Morgan fingerprint density at radius 2 is 2.21 bits per heavy atom. The fourth-order valence-electron chi connectivity index (χ4n) is 2.27. The van der Waals surface area contributed by atoms with Gasteiger partial charge in [-0.05, 0) is 28.8 Å². The summed E-state index contributed by atoms with van der Waals surface area (Å²) in [5.41, 5.74) is 0. The Morgan fingerprint density at radius 1 is 1.53 bits per heavy atom. The quantitative estimate of drug-likeness (QED) is 0.833. The van der Waals surface area contributed by atoms with Gasteiger partial charge in [-0.1, -0.05) is 25.2 Å². The number of carbonyl (C=O) groups excluding carboxylic acids is 2. The second-order valence-corrected chi connectivity index (χ2v) is 6.85. The highest BCUT2D eigenvalue weighted by molar-refractivity contribution is 9.11. The molecule has 0 aliphatic carbocycles. The lowest BCUT2D eigenvalue weighted by Crippen LogP contribution is -2.41. The van der Waals surface area contributed by atoms with E-state index in [0.29, 0.717) is 5.13 Å². The van der Waals surface area contributed by atoms with E-state index in [-0.39, 0.29) is 24.3 Å². The Hall–Kier alpha value is -0.950. The highest BCUT2D eigenvalue weighted by Gasteiger charge is 2.41. The Labute approximate surface area is 124 Å². The van der Waals surface area contributed by atoms with E-state index >= 15 is 0 Å². The van der Waals surface area contributed by atoms with Gasteiger partial charge in [-0.15, -0.1) is 0 Å². The third-order valence-corrected chi connectivity index (χ3v) is 4.67. The van der Waals surface area contributed by atoms with Gasteiger partial charge in [-0.25, -0.2) is 4.98 Å². The van der Waals surface area contributed by atoms with Crippen LogP contribution in [0.1, 0.15) is 33.1 Å². The van der Waals surface area contributed by atoms with Crippen LogP contribution in [0.2, 0.25) is 0 Å². The highest BCUT2D eigenvalue weighted by atomic mass is 79.9. The third-order valence-electron chi connectivity index (χ3n) is 3.27. The maximum Gasteiger partial charge on any atom is 0.252 e. The van der Waals surface area contributed by atoms with Crippen molar-refractivity contribution in [2.45, 2.75) is 45.2 Å². The number of aromatic nitrogens is 1. The number of likely N-dealkylation sites (tertiary alicyclic amines) is 1. The molecule has 5 nitrogen and oxygen atoms in total. The zero-order valence-corrected chi connectivity index (χ0v) is 13.3. The molecule has 0 saturated carbocycles. The first-order valence-electron chi connectivity index (χ1n) is 6.30. The van der Waals surface area contributed by atoms with Gasteiger partial charge in [0.05, 0.1) is 16.4 Å². The molecule has 19 heavy (non-hydrogen) atoms. The van der Waals surface area contributed by atoms with Crippen LogP contribution >= 0.6 is 27.3 Å². The lowest BCUT2D eigenvalue weighted by Gasteiger charge is -2.24. The number of carbonyl (C=O) groups is 2. The number of rotatable bonds is 5. The van der Waals surface area contributed by atoms with Crippen molar-refractivity contribution in [3.05, 3.63) is 9.98 Å². The van der Waals surface area contributed by atoms with Crippen LogP contribution < -0.4 is 5.32 Å². The number of anilines is 1. The van der Waals surface area contributed by atoms with Crippen LogP contribution in [0.3, 0.4) is 0 Å². The zero-order valence-electron chi connectivity index (χ0n) is 10.9. The fourth-order valence-corrected chi connectivity index (χ4v) is 3.43. The van der Waals surface area contributed by atoms with Crippen LogP contribution in [0.4, 0.5) is 5.13 Å². The number of amides is 2. The molecule has 1 fully saturated rings. The molecule has 2 amide bonds. The molecule has 1 saturated heterocycles. The van der Waals surface area contributed by atoms with Crippen molar-refractivity contribution in [2.24, 2.45) is 0 Å². The van der Waals surface area contributed by atoms with E-state index in [1.54, 1.807) is 6.20 Å². The molecular weight excluding hydrogens is 330 g/mol. The van der Waals surface area contributed by atoms with Crippen LogP contribution in [-0.4, -0.2) is 33.8 Å². The lowest BCUT2D eigenvalue weighted by atomic mass is 10.1. The molecule has 1 N–H and O–H groups in total. The van der Waals surface area contributed by atoms with Gasteiger partial charge in [0.2, 0.25) is 5.91 Å². The van der Waals surface area contributed by atoms with Gasteiger partial charge in [0.25, 0.3) is 5.91 Å². The average molecular weight is 346 g/mol. The SMILES string of the molecule is CCC(CC)N1C(=O)CC(Nc2ncc(Br)s2)C1=O. The standard InChI is InChI=1S/C12H16BrN3O2S/c1-3-7(4-2)16-10(17)5-8(11(16)18)15-12-14-6-9(13)19-12/h6-8H,3-5H2,1-2H3,(H,14,15). The first-order chi connectivity index (χ1) is 9.06.